The molecule has 0 fully saturated rings. The highest BCUT2D eigenvalue weighted by Gasteiger charge is 2.10. The van der Waals surface area contributed by atoms with E-state index in [-0.39, 0.29) is 18.1 Å². The van der Waals surface area contributed by atoms with E-state index in [0.717, 1.165) is 11.4 Å². The van der Waals surface area contributed by atoms with Gasteiger partial charge in [0.2, 0.25) is 0 Å². The van der Waals surface area contributed by atoms with Crippen LogP contribution < -0.4 is 10.9 Å². The van der Waals surface area contributed by atoms with Crippen molar-refractivity contribution in [1.29, 1.82) is 0 Å². The number of carbonyl (C=O) groups is 2. The third-order valence-electron chi connectivity index (χ3n) is 2.51. The second-order valence-electron chi connectivity index (χ2n) is 4.18. The first kappa shape index (κ1) is 13.7. The molecule has 0 atom stereocenters. The summed E-state index contributed by atoms with van der Waals surface area (Å²) in [5.41, 5.74) is 6.39. The number of nitrogens with one attached hydrogen (secondary N) is 2. The van der Waals surface area contributed by atoms with Crippen molar-refractivity contribution in [1.82, 2.24) is 30.6 Å². The molecule has 0 saturated heterocycles. The van der Waals surface area contributed by atoms with Gasteiger partial charge in [-0.2, -0.15) is 5.10 Å². The fraction of sp³-hybridized carbons (Fsp3) is 0.250. The van der Waals surface area contributed by atoms with Crippen LogP contribution in [-0.2, 0) is 11.3 Å². The highest BCUT2D eigenvalue weighted by molar-refractivity contribution is 5.93. The van der Waals surface area contributed by atoms with E-state index < -0.39 is 5.91 Å². The zero-order valence-corrected chi connectivity index (χ0v) is 11.1. The van der Waals surface area contributed by atoms with Gasteiger partial charge in [0, 0.05) is 18.1 Å². The maximum absolute atomic E-state index is 11.7. The molecule has 0 aliphatic rings. The lowest BCUT2D eigenvalue weighted by atomic mass is 10.4. The quantitative estimate of drug-likeness (QED) is 0.751. The summed E-state index contributed by atoms with van der Waals surface area (Å²) in [6, 6.07) is 1.87. The Labute approximate surface area is 115 Å². The van der Waals surface area contributed by atoms with Crippen molar-refractivity contribution in [2.75, 3.05) is 0 Å². The van der Waals surface area contributed by atoms with E-state index in [1.54, 1.807) is 4.68 Å². The van der Waals surface area contributed by atoms with Gasteiger partial charge in [-0.3, -0.25) is 30.1 Å². The van der Waals surface area contributed by atoms with Crippen LogP contribution in [-0.4, -0.2) is 31.6 Å². The fourth-order valence-electron chi connectivity index (χ4n) is 1.62. The molecule has 0 radical (unpaired) electrons. The molecule has 8 heteroatoms. The molecular formula is C12H14N6O2. The van der Waals surface area contributed by atoms with Crippen LogP contribution in [0.3, 0.4) is 0 Å². The van der Waals surface area contributed by atoms with E-state index in [1.807, 2.05) is 19.9 Å². The predicted octanol–water partition coefficient (Wildman–Crippen LogP) is -0.249. The van der Waals surface area contributed by atoms with Crippen molar-refractivity contribution in [2.45, 2.75) is 20.4 Å². The molecule has 0 aromatic carbocycles. The monoisotopic (exact) mass is 274 g/mol. The first-order valence-electron chi connectivity index (χ1n) is 5.92. The van der Waals surface area contributed by atoms with Crippen molar-refractivity contribution >= 4 is 11.8 Å². The summed E-state index contributed by atoms with van der Waals surface area (Å²) in [4.78, 5) is 30.9. The van der Waals surface area contributed by atoms with E-state index in [9.17, 15) is 9.59 Å². The summed E-state index contributed by atoms with van der Waals surface area (Å²) in [7, 11) is 0. The summed E-state index contributed by atoms with van der Waals surface area (Å²) in [5.74, 6) is -0.909. The fourth-order valence-corrected chi connectivity index (χ4v) is 1.62. The van der Waals surface area contributed by atoms with Crippen LogP contribution in [0, 0.1) is 13.8 Å². The molecule has 2 N–H and O–H groups in total. The smallest absolute Gasteiger partial charge is 0.271 e. The van der Waals surface area contributed by atoms with Gasteiger partial charge in [-0.05, 0) is 19.9 Å². The topological polar surface area (TPSA) is 102 Å². The normalized spacial score (nSPS) is 10.1. The van der Waals surface area contributed by atoms with Gasteiger partial charge in [-0.25, -0.2) is 4.98 Å². The summed E-state index contributed by atoms with van der Waals surface area (Å²) in [5, 5.41) is 4.16. The zero-order valence-electron chi connectivity index (χ0n) is 11.1. The number of hydrogen-bond acceptors (Lipinski definition) is 5. The van der Waals surface area contributed by atoms with E-state index in [1.165, 1.54) is 18.6 Å². The molecule has 2 amide bonds. The van der Waals surface area contributed by atoms with Crippen LogP contribution in [0.15, 0.2) is 24.7 Å². The zero-order chi connectivity index (χ0) is 14.5. The van der Waals surface area contributed by atoms with Gasteiger partial charge in [0.05, 0.1) is 11.9 Å². The van der Waals surface area contributed by atoms with Gasteiger partial charge in [-0.1, -0.05) is 0 Å². The average molecular weight is 274 g/mol. The Bertz CT molecular complexity index is 622. The Kier molecular flexibility index (Phi) is 4.04. The Hall–Kier alpha value is -2.77. The van der Waals surface area contributed by atoms with Gasteiger partial charge < -0.3 is 0 Å². The van der Waals surface area contributed by atoms with Gasteiger partial charge in [0.25, 0.3) is 11.8 Å². The Morgan fingerprint density at radius 3 is 2.65 bits per heavy atom. The first-order valence-corrected chi connectivity index (χ1v) is 5.92. The van der Waals surface area contributed by atoms with Crippen molar-refractivity contribution < 1.29 is 9.59 Å². The lowest BCUT2D eigenvalue weighted by Gasteiger charge is -2.07. The molecule has 2 aromatic heterocycles. The Balaban J connectivity index is 1.87. The van der Waals surface area contributed by atoms with Crippen LogP contribution in [0.4, 0.5) is 0 Å². The summed E-state index contributed by atoms with van der Waals surface area (Å²) in [6.45, 7) is 3.73. The van der Waals surface area contributed by atoms with Gasteiger partial charge in [0.15, 0.2) is 0 Å². The number of rotatable bonds is 3. The second-order valence-corrected chi connectivity index (χ2v) is 4.18. The summed E-state index contributed by atoms with van der Waals surface area (Å²) < 4.78 is 1.55. The molecule has 20 heavy (non-hydrogen) atoms. The molecule has 8 nitrogen and oxygen atoms in total. The van der Waals surface area contributed by atoms with E-state index in [4.69, 9.17) is 0 Å². The minimum absolute atomic E-state index is 0.0282. The Morgan fingerprint density at radius 1 is 1.25 bits per heavy atom. The second kappa shape index (κ2) is 5.91. The SMILES string of the molecule is Cc1cc(C)n(CC(=O)NNC(=O)c2cnccn2)n1. The highest BCUT2D eigenvalue weighted by atomic mass is 16.2. The lowest BCUT2D eigenvalue weighted by Crippen LogP contribution is -2.43. The third-order valence-corrected chi connectivity index (χ3v) is 2.51. The molecular weight excluding hydrogens is 260 g/mol. The number of hydrazine groups is 1. The predicted molar refractivity (Wildman–Crippen MR) is 69.3 cm³/mol. The van der Waals surface area contributed by atoms with E-state index in [0.29, 0.717) is 0 Å². The van der Waals surface area contributed by atoms with Crippen LogP contribution in [0.1, 0.15) is 21.9 Å². The van der Waals surface area contributed by atoms with Crippen molar-refractivity contribution in [2.24, 2.45) is 0 Å². The maximum Gasteiger partial charge on any atom is 0.289 e. The maximum atomic E-state index is 11.7. The van der Waals surface area contributed by atoms with Gasteiger partial charge in [-0.15, -0.1) is 0 Å². The molecule has 0 spiro atoms. The molecule has 2 rings (SSSR count). The van der Waals surface area contributed by atoms with Crippen LogP contribution in [0.2, 0.25) is 0 Å². The Morgan fingerprint density at radius 2 is 2.05 bits per heavy atom. The van der Waals surface area contributed by atoms with E-state index >= 15 is 0 Å². The molecule has 104 valence electrons. The van der Waals surface area contributed by atoms with Crippen LogP contribution in [0.5, 0.6) is 0 Å². The number of aryl methyl sites for hydroxylation is 2. The number of nitrogens with zero attached hydrogens (tertiary/aromatic N) is 4. The standard InChI is InChI=1S/C12H14N6O2/c1-8-5-9(2)18(17-8)7-11(19)15-16-12(20)10-6-13-3-4-14-10/h3-6H,7H2,1-2H3,(H,15,19)(H,16,20). The number of aromatic nitrogens is 4. The highest BCUT2D eigenvalue weighted by Crippen LogP contribution is 2.00. The van der Waals surface area contributed by atoms with E-state index in [2.05, 4.69) is 25.9 Å². The largest absolute Gasteiger partial charge is 0.289 e. The first-order chi connectivity index (χ1) is 9.56. The minimum Gasteiger partial charge on any atom is -0.271 e. The van der Waals surface area contributed by atoms with Gasteiger partial charge >= 0.3 is 0 Å². The molecule has 2 aromatic rings. The van der Waals surface area contributed by atoms with Crippen LogP contribution in [0.25, 0.3) is 0 Å². The molecule has 2 heterocycles. The van der Waals surface area contributed by atoms with Gasteiger partial charge in [0.1, 0.15) is 12.2 Å². The van der Waals surface area contributed by atoms with Crippen molar-refractivity contribution in [3.05, 3.63) is 41.7 Å². The number of hydrogen-bond donors (Lipinski definition) is 2. The molecule has 0 bridgehead atoms. The summed E-state index contributed by atoms with van der Waals surface area (Å²) in [6.07, 6.45) is 4.16. The number of amides is 2. The average Bonchev–Trinajstić information content (AvgIpc) is 2.75. The lowest BCUT2D eigenvalue weighted by molar-refractivity contribution is -0.122. The molecule has 0 saturated carbocycles. The number of carbonyl (C=O) groups excluding carboxylic acids is 2. The third kappa shape index (κ3) is 3.37. The van der Waals surface area contributed by atoms with Crippen molar-refractivity contribution in [3.63, 3.8) is 0 Å². The van der Waals surface area contributed by atoms with Crippen molar-refractivity contribution in [3.8, 4) is 0 Å². The molecule has 0 unspecified atom stereocenters. The molecule has 0 aliphatic carbocycles. The summed E-state index contributed by atoms with van der Waals surface area (Å²) >= 11 is 0. The minimum atomic E-state index is -0.528. The molecule has 0 aliphatic heterocycles. The van der Waals surface area contributed by atoms with Crippen LogP contribution >= 0.6 is 0 Å².